The first kappa shape index (κ1) is 9.38. The molecule has 1 aliphatic rings. The van der Waals surface area contributed by atoms with E-state index in [0.29, 0.717) is 12.3 Å². The Hall–Kier alpha value is -0.710. The molecule has 0 saturated carbocycles. The molecule has 0 aromatic rings. The van der Waals surface area contributed by atoms with Gasteiger partial charge in [0.2, 0.25) is 5.91 Å². The molecule has 1 heterocycles. The number of Topliss-reactive ketones (excluding diaryl/α,β-unsaturated/α-hetero) is 1. The summed E-state index contributed by atoms with van der Waals surface area (Å²) in [6.45, 7) is 0.643. The van der Waals surface area contributed by atoms with Crippen LogP contribution in [0.1, 0.15) is 6.42 Å². The molecule has 1 aliphatic heterocycles. The first-order valence-electron chi connectivity index (χ1n) is 3.69. The Morgan fingerprint density at radius 1 is 1.50 bits per heavy atom. The van der Waals surface area contributed by atoms with Gasteiger partial charge in [-0.1, -0.05) is 0 Å². The minimum absolute atomic E-state index is 0.0242. The third-order valence-electron chi connectivity index (χ3n) is 1.72. The van der Waals surface area contributed by atoms with Gasteiger partial charge in [0.1, 0.15) is 0 Å². The highest BCUT2D eigenvalue weighted by molar-refractivity contribution is 7.84. The molecule has 5 heteroatoms. The van der Waals surface area contributed by atoms with Gasteiger partial charge in [-0.15, -0.1) is 0 Å². The van der Waals surface area contributed by atoms with E-state index >= 15 is 0 Å². The van der Waals surface area contributed by atoms with Gasteiger partial charge in [0, 0.05) is 29.4 Å². The van der Waals surface area contributed by atoms with E-state index in [2.05, 4.69) is 0 Å². The molecule has 0 aromatic carbocycles. The molecule has 68 valence electrons. The third kappa shape index (κ3) is 2.41. The highest BCUT2D eigenvalue weighted by Gasteiger charge is 2.26. The smallest absolute Gasteiger partial charge is 0.230 e. The first-order valence-corrected chi connectivity index (χ1v) is 5.42. The molecule has 12 heavy (non-hydrogen) atoms. The molecule has 0 N–H and O–H groups in total. The number of carbonyl (C=O) groups is 2. The highest BCUT2D eigenvalue weighted by atomic mass is 32.2. The van der Waals surface area contributed by atoms with Gasteiger partial charge in [0.15, 0.2) is 5.78 Å². The van der Waals surface area contributed by atoms with E-state index in [1.165, 1.54) is 4.90 Å². The number of likely N-dealkylation sites (tertiary alicyclic amines) is 1. The first-order chi connectivity index (χ1) is 5.59. The maximum Gasteiger partial charge on any atom is 0.230 e. The molecule has 0 bridgehead atoms. The van der Waals surface area contributed by atoms with E-state index in [-0.39, 0.29) is 24.7 Å². The van der Waals surface area contributed by atoms with Crippen molar-refractivity contribution in [2.45, 2.75) is 6.42 Å². The summed E-state index contributed by atoms with van der Waals surface area (Å²) in [5.41, 5.74) is 0. The van der Waals surface area contributed by atoms with E-state index < -0.39 is 10.8 Å². The lowest BCUT2D eigenvalue weighted by molar-refractivity contribution is -0.127. The lowest BCUT2D eigenvalue weighted by Gasteiger charge is -2.12. The SMILES string of the molecule is CS(=O)CCN1CC(=O)CC1=O. The summed E-state index contributed by atoms with van der Waals surface area (Å²) < 4.78 is 10.7. The summed E-state index contributed by atoms with van der Waals surface area (Å²) in [6.07, 6.45) is 1.61. The van der Waals surface area contributed by atoms with Crippen molar-refractivity contribution in [3.05, 3.63) is 0 Å². The van der Waals surface area contributed by atoms with Crippen LogP contribution in [0.25, 0.3) is 0 Å². The number of hydrogen-bond donors (Lipinski definition) is 0. The number of amides is 1. The number of hydrogen-bond acceptors (Lipinski definition) is 3. The van der Waals surface area contributed by atoms with Gasteiger partial charge in [-0.25, -0.2) is 0 Å². The van der Waals surface area contributed by atoms with E-state index in [9.17, 15) is 13.8 Å². The zero-order valence-corrected chi connectivity index (χ0v) is 7.73. The molecule has 1 fully saturated rings. The maximum atomic E-state index is 11.0. The molecule has 1 rings (SSSR count). The average Bonchev–Trinajstić information content (AvgIpc) is 2.26. The van der Waals surface area contributed by atoms with Crippen molar-refractivity contribution in [2.75, 3.05) is 25.1 Å². The van der Waals surface area contributed by atoms with Crippen LogP contribution < -0.4 is 0 Å². The van der Waals surface area contributed by atoms with Crippen LogP contribution in [0.4, 0.5) is 0 Å². The summed E-state index contributed by atoms with van der Waals surface area (Å²) in [5.74, 6) is 0.284. The van der Waals surface area contributed by atoms with Gasteiger partial charge in [-0.3, -0.25) is 13.8 Å². The van der Waals surface area contributed by atoms with Gasteiger partial charge in [-0.2, -0.15) is 0 Å². The number of carbonyl (C=O) groups excluding carboxylic acids is 2. The quantitative estimate of drug-likeness (QED) is 0.544. The van der Waals surface area contributed by atoms with Crippen molar-refractivity contribution >= 4 is 22.5 Å². The second-order valence-corrected chi connectivity index (χ2v) is 4.36. The van der Waals surface area contributed by atoms with E-state index in [4.69, 9.17) is 0 Å². The molecule has 0 aliphatic carbocycles. The van der Waals surface area contributed by atoms with Crippen molar-refractivity contribution in [3.63, 3.8) is 0 Å². The Labute approximate surface area is 73.4 Å². The molecular weight excluding hydrogens is 178 g/mol. The van der Waals surface area contributed by atoms with Gasteiger partial charge >= 0.3 is 0 Å². The van der Waals surface area contributed by atoms with E-state index in [1.807, 2.05) is 0 Å². The third-order valence-corrected chi connectivity index (χ3v) is 2.47. The zero-order valence-electron chi connectivity index (χ0n) is 6.91. The Morgan fingerprint density at radius 3 is 2.58 bits per heavy atom. The van der Waals surface area contributed by atoms with Crippen LogP contribution in [0.2, 0.25) is 0 Å². The molecule has 0 radical (unpaired) electrons. The number of nitrogens with zero attached hydrogens (tertiary/aromatic N) is 1. The standard InChI is InChI=1S/C7H11NO3S/c1-12(11)3-2-8-5-6(9)4-7(8)10/h2-5H2,1H3. The molecule has 1 atom stereocenters. The van der Waals surface area contributed by atoms with Crippen molar-refractivity contribution in [1.82, 2.24) is 4.90 Å². The van der Waals surface area contributed by atoms with E-state index in [0.717, 1.165) is 0 Å². The lowest BCUT2D eigenvalue weighted by atomic mass is 10.3. The lowest BCUT2D eigenvalue weighted by Crippen LogP contribution is -2.29. The Kier molecular flexibility index (Phi) is 2.97. The van der Waals surface area contributed by atoms with Crippen LogP contribution in [0.15, 0.2) is 0 Å². The molecule has 0 spiro atoms. The predicted molar refractivity (Wildman–Crippen MR) is 45.1 cm³/mol. The fraction of sp³-hybridized carbons (Fsp3) is 0.714. The minimum atomic E-state index is -0.893. The van der Waals surface area contributed by atoms with Crippen molar-refractivity contribution in [2.24, 2.45) is 0 Å². The van der Waals surface area contributed by atoms with Crippen LogP contribution in [-0.4, -0.2) is 45.9 Å². The predicted octanol–water partition coefficient (Wildman–Crippen LogP) is -0.834. The summed E-state index contributed by atoms with van der Waals surface area (Å²) in [4.78, 5) is 23.2. The number of ketones is 1. The second kappa shape index (κ2) is 3.80. The molecule has 4 nitrogen and oxygen atoms in total. The minimum Gasteiger partial charge on any atom is -0.334 e. The van der Waals surface area contributed by atoms with Gasteiger partial charge < -0.3 is 4.90 Å². The molecular formula is C7H11NO3S. The largest absolute Gasteiger partial charge is 0.334 e. The summed E-state index contributed by atoms with van der Waals surface area (Å²) >= 11 is 0. The zero-order chi connectivity index (χ0) is 9.14. The Morgan fingerprint density at radius 2 is 2.17 bits per heavy atom. The fourth-order valence-corrected chi connectivity index (χ4v) is 1.56. The van der Waals surface area contributed by atoms with Crippen LogP contribution in [-0.2, 0) is 20.4 Å². The summed E-state index contributed by atoms with van der Waals surface area (Å²) in [6, 6.07) is 0. The van der Waals surface area contributed by atoms with Gasteiger partial charge in [0.05, 0.1) is 13.0 Å². The monoisotopic (exact) mass is 189 g/mol. The molecule has 1 saturated heterocycles. The van der Waals surface area contributed by atoms with Gasteiger partial charge in [0.25, 0.3) is 0 Å². The molecule has 1 amide bonds. The van der Waals surface area contributed by atoms with Gasteiger partial charge in [-0.05, 0) is 0 Å². The van der Waals surface area contributed by atoms with Crippen LogP contribution >= 0.6 is 0 Å². The van der Waals surface area contributed by atoms with Crippen molar-refractivity contribution in [3.8, 4) is 0 Å². The topological polar surface area (TPSA) is 54.5 Å². The maximum absolute atomic E-state index is 11.0. The second-order valence-electron chi connectivity index (χ2n) is 2.81. The van der Waals surface area contributed by atoms with Crippen LogP contribution in [0, 0.1) is 0 Å². The fourth-order valence-electron chi connectivity index (χ4n) is 1.08. The van der Waals surface area contributed by atoms with Crippen LogP contribution in [0.3, 0.4) is 0 Å². The molecule has 1 unspecified atom stereocenters. The summed E-state index contributed by atoms with van der Waals surface area (Å²) in [7, 11) is -0.893. The average molecular weight is 189 g/mol. The van der Waals surface area contributed by atoms with Crippen molar-refractivity contribution in [1.29, 1.82) is 0 Å². The normalized spacial score (nSPS) is 20.2. The summed E-state index contributed by atoms with van der Waals surface area (Å²) in [5, 5.41) is 0. The Bertz CT molecular complexity index is 239. The number of rotatable bonds is 3. The van der Waals surface area contributed by atoms with Crippen LogP contribution in [0.5, 0.6) is 0 Å². The Balaban J connectivity index is 2.38. The van der Waals surface area contributed by atoms with E-state index in [1.54, 1.807) is 6.26 Å². The van der Waals surface area contributed by atoms with Crippen molar-refractivity contribution < 1.29 is 13.8 Å². The molecule has 0 aromatic heterocycles. The highest BCUT2D eigenvalue weighted by Crippen LogP contribution is 2.05.